The van der Waals surface area contributed by atoms with Crippen LogP contribution >= 0.6 is 0 Å². The van der Waals surface area contributed by atoms with E-state index >= 15 is 0 Å². The van der Waals surface area contributed by atoms with Gasteiger partial charge in [0, 0.05) is 11.9 Å². The van der Waals surface area contributed by atoms with Crippen LogP contribution < -0.4 is 4.74 Å². The van der Waals surface area contributed by atoms with Crippen LogP contribution in [0, 0.1) is 0 Å². The molecule has 0 saturated carbocycles. The molecule has 3 aromatic rings. The lowest BCUT2D eigenvalue weighted by Crippen LogP contribution is -2.34. The van der Waals surface area contributed by atoms with Crippen LogP contribution in [0.5, 0.6) is 5.75 Å². The van der Waals surface area contributed by atoms with E-state index in [0.29, 0.717) is 29.9 Å². The molecule has 0 saturated heterocycles. The second kappa shape index (κ2) is 10.1. The molecule has 1 atom stereocenters. The van der Waals surface area contributed by atoms with Gasteiger partial charge in [0.05, 0.1) is 18.7 Å². The standard InChI is InChI=1S/C27H30N2O5/c1-4-28(5-2)14-9-15-29-24(19-11-8-12-20(16-19)33-3)23(26(31)27(29)32)25(30)22-17-18-10-6-7-13-21(18)34-22/h6-8,10-13,16-17,24,31H,4-5,9,14-15H2,1-3H3/t24-/m1/s1. The molecule has 7 nitrogen and oxygen atoms in total. The zero-order valence-corrected chi connectivity index (χ0v) is 19.8. The number of methoxy groups -OCH3 is 1. The molecule has 0 fully saturated rings. The highest BCUT2D eigenvalue weighted by molar-refractivity contribution is 6.16. The summed E-state index contributed by atoms with van der Waals surface area (Å²) in [4.78, 5) is 30.6. The van der Waals surface area contributed by atoms with Gasteiger partial charge in [0.2, 0.25) is 5.78 Å². The number of rotatable bonds is 10. The third-order valence-corrected chi connectivity index (χ3v) is 6.37. The Morgan fingerprint density at radius 2 is 1.88 bits per heavy atom. The number of amides is 1. The van der Waals surface area contributed by atoms with Crippen LogP contribution in [0.4, 0.5) is 0 Å². The van der Waals surface area contributed by atoms with Crippen molar-refractivity contribution in [2.45, 2.75) is 26.3 Å². The van der Waals surface area contributed by atoms with E-state index < -0.39 is 23.5 Å². The van der Waals surface area contributed by atoms with Crippen LogP contribution in [0.15, 0.2) is 70.3 Å². The van der Waals surface area contributed by atoms with Gasteiger partial charge in [-0.2, -0.15) is 0 Å². The Morgan fingerprint density at radius 3 is 2.59 bits per heavy atom. The monoisotopic (exact) mass is 462 g/mol. The summed E-state index contributed by atoms with van der Waals surface area (Å²) in [5.41, 5.74) is 1.29. The van der Waals surface area contributed by atoms with Crippen molar-refractivity contribution in [3.05, 3.63) is 77.3 Å². The molecule has 2 aromatic carbocycles. The smallest absolute Gasteiger partial charge is 0.290 e. The van der Waals surface area contributed by atoms with Crippen molar-refractivity contribution in [3.63, 3.8) is 0 Å². The van der Waals surface area contributed by atoms with Crippen molar-refractivity contribution in [1.29, 1.82) is 0 Å². The number of furan rings is 1. The van der Waals surface area contributed by atoms with Crippen LogP contribution in [-0.2, 0) is 4.79 Å². The third kappa shape index (κ3) is 4.43. The highest BCUT2D eigenvalue weighted by Gasteiger charge is 2.44. The topological polar surface area (TPSA) is 83.2 Å². The van der Waals surface area contributed by atoms with E-state index in [4.69, 9.17) is 9.15 Å². The minimum atomic E-state index is -0.736. The van der Waals surface area contributed by atoms with Gasteiger partial charge in [-0.05, 0) is 55.9 Å². The molecule has 1 aliphatic heterocycles. The number of benzene rings is 2. The molecule has 1 aromatic heterocycles. The Morgan fingerprint density at radius 1 is 1.12 bits per heavy atom. The number of hydrogen-bond acceptors (Lipinski definition) is 6. The van der Waals surface area contributed by atoms with Crippen molar-refractivity contribution in [2.75, 3.05) is 33.3 Å². The average molecular weight is 463 g/mol. The molecule has 4 rings (SSSR count). The first-order chi connectivity index (χ1) is 16.5. The summed E-state index contributed by atoms with van der Waals surface area (Å²) in [5.74, 6) is -0.877. The first-order valence-electron chi connectivity index (χ1n) is 11.6. The Labute approximate surface area is 199 Å². The summed E-state index contributed by atoms with van der Waals surface area (Å²) in [6.45, 7) is 7.25. The van der Waals surface area contributed by atoms with Gasteiger partial charge in [-0.25, -0.2) is 0 Å². The molecule has 178 valence electrons. The highest BCUT2D eigenvalue weighted by Crippen LogP contribution is 2.40. The van der Waals surface area contributed by atoms with Crippen molar-refractivity contribution in [3.8, 4) is 5.75 Å². The number of carbonyl (C=O) groups excluding carboxylic acids is 2. The van der Waals surface area contributed by atoms with Gasteiger partial charge >= 0.3 is 0 Å². The van der Waals surface area contributed by atoms with Crippen LogP contribution in [0.3, 0.4) is 0 Å². The lowest BCUT2D eigenvalue weighted by molar-refractivity contribution is -0.129. The van der Waals surface area contributed by atoms with E-state index in [2.05, 4.69) is 18.7 Å². The van der Waals surface area contributed by atoms with Gasteiger partial charge in [0.25, 0.3) is 5.91 Å². The average Bonchev–Trinajstić information content (AvgIpc) is 3.41. The number of aliphatic hydroxyl groups is 1. The van der Waals surface area contributed by atoms with Crippen molar-refractivity contribution >= 4 is 22.7 Å². The highest BCUT2D eigenvalue weighted by atomic mass is 16.5. The van der Waals surface area contributed by atoms with Crippen molar-refractivity contribution in [1.82, 2.24) is 9.80 Å². The number of aliphatic hydroxyl groups excluding tert-OH is 1. The van der Waals surface area contributed by atoms with Gasteiger partial charge in [-0.3, -0.25) is 9.59 Å². The first kappa shape index (κ1) is 23.6. The molecular formula is C27H30N2O5. The van der Waals surface area contributed by atoms with Crippen LogP contribution in [-0.4, -0.2) is 59.9 Å². The maximum Gasteiger partial charge on any atom is 0.290 e. The van der Waals surface area contributed by atoms with Crippen LogP contribution in [0.1, 0.15) is 42.4 Å². The fraction of sp³-hybridized carbons (Fsp3) is 0.333. The molecule has 1 aliphatic rings. The lowest BCUT2D eigenvalue weighted by atomic mass is 9.94. The molecule has 0 unspecified atom stereocenters. The Hall–Kier alpha value is -3.58. The summed E-state index contributed by atoms with van der Waals surface area (Å²) in [5, 5.41) is 11.7. The lowest BCUT2D eigenvalue weighted by Gasteiger charge is -2.28. The number of ether oxygens (including phenoxy) is 1. The summed E-state index contributed by atoms with van der Waals surface area (Å²) < 4.78 is 11.1. The van der Waals surface area contributed by atoms with Crippen LogP contribution in [0.25, 0.3) is 11.0 Å². The predicted octanol–water partition coefficient (Wildman–Crippen LogP) is 4.75. The molecule has 0 aliphatic carbocycles. The largest absolute Gasteiger partial charge is 0.503 e. The normalized spacial score (nSPS) is 16.2. The number of hydrogen-bond donors (Lipinski definition) is 1. The molecule has 0 radical (unpaired) electrons. The summed E-state index contributed by atoms with van der Waals surface area (Å²) in [6, 6.07) is 15.5. The van der Waals surface area contributed by atoms with Crippen molar-refractivity contribution < 1.29 is 23.8 Å². The zero-order valence-electron chi connectivity index (χ0n) is 19.8. The predicted molar refractivity (Wildman–Crippen MR) is 130 cm³/mol. The van der Waals surface area contributed by atoms with Gasteiger partial charge in [0.1, 0.15) is 11.3 Å². The summed E-state index contributed by atoms with van der Waals surface area (Å²) in [6.07, 6.45) is 0.716. The number of carbonyl (C=O) groups is 2. The van der Waals surface area contributed by atoms with E-state index in [1.54, 1.807) is 36.3 Å². The van der Waals surface area contributed by atoms with Gasteiger partial charge in [-0.15, -0.1) is 0 Å². The number of ketones is 1. The van der Waals surface area contributed by atoms with Gasteiger partial charge in [-0.1, -0.05) is 44.2 Å². The van der Waals surface area contributed by atoms with Gasteiger partial charge < -0.3 is 24.1 Å². The molecule has 2 heterocycles. The molecule has 1 amide bonds. The Kier molecular flexibility index (Phi) is 7.03. The molecular weight excluding hydrogens is 432 g/mol. The minimum absolute atomic E-state index is 0.0279. The molecule has 0 spiro atoms. The van der Waals surface area contributed by atoms with Gasteiger partial charge in [0.15, 0.2) is 11.5 Å². The molecule has 7 heteroatoms. The quantitative estimate of drug-likeness (QED) is 0.438. The van der Waals surface area contributed by atoms with E-state index in [0.717, 1.165) is 25.0 Å². The van der Waals surface area contributed by atoms with E-state index in [1.807, 2.05) is 30.3 Å². The van der Waals surface area contributed by atoms with Crippen molar-refractivity contribution in [2.24, 2.45) is 0 Å². The second-order valence-corrected chi connectivity index (χ2v) is 8.30. The fourth-order valence-corrected chi connectivity index (χ4v) is 4.51. The number of Topliss-reactive ketones (excluding diaryl/α,β-unsaturated/α-hetero) is 1. The second-order valence-electron chi connectivity index (χ2n) is 8.30. The number of fused-ring (bicyclic) bond motifs is 1. The van der Waals surface area contributed by atoms with E-state index in [-0.39, 0.29) is 11.3 Å². The number of para-hydroxylation sites is 1. The first-order valence-corrected chi connectivity index (χ1v) is 11.6. The fourth-order valence-electron chi connectivity index (χ4n) is 4.51. The Bertz CT molecular complexity index is 1190. The minimum Gasteiger partial charge on any atom is -0.503 e. The zero-order chi connectivity index (χ0) is 24.2. The maximum absolute atomic E-state index is 13.6. The van der Waals surface area contributed by atoms with Crippen LogP contribution in [0.2, 0.25) is 0 Å². The SMILES string of the molecule is CCN(CC)CCCN1C(=O)C(O)=C(C(=O)c2cc3ccccc3o2)[C@H]1c1cccc(OC)c1. The third-order valence-electron chi connectivity index (χ3n) is 6.37. The summed E-state index contributed by atoms with van der Waals surface area (Å²) in [7, 11) is 1.56. The molecule has 0 bridgehead atoms. The maximum atomic E-state index is 13.6. The summed E-state index contributed by atoms with van der Waals surface area (Å²) >= 11 is 0. The van der Waals surface area contributed by atoms with E-state index in [1.165, 1.54) is 0 Å². The van der Waals surface area contributed by atoms with E-state index in [9.17, 15) is 14.7 Å². The Balaban J connectivity index is 1.71. The molecule has 1 N–H and O–H groups in total. The molecule has 34 heavy (non-hydrogen) atoms. The number of nitrogens with zero attached hydrogens (tertiary/aromatic N) is 2.